The third-order valence-corrected chi connectivity index (χ3v) is 3.35. The minimum absolute atomic E-state index is 0.0769. The van der Waals surface area contributed by atoms with Gasteiger partial charge in [0.2, 0.25) is 0 Å². The molecule has 0 spiro atoms. The van der Waals surface area contributed by atoms with Crippen molar-refractivity contribution >= 4 is 23.6 Å². The van der Waals surface area contributed by atoms with E-state index in [4.69, 9.17) is 21.1 Å². The number of methoxy groups -OCH3 is 1. The highest BCUT2D eigenvalue weighted by Gasteiger charge is 2.19. The number of nitro groups is 1. The molecule has 7 heteroatoms. The summed E-state index contributed by atoms with van der Waals surface area (Å²) in [7, 11) is 1.39. The zero-order chi connectivity index (χ0) is 16.1. The van der Waals surface area contributed by atoms with Crippen molar-refractivity contribution in [3.05, 3.63) is 62.7 Å². The fourth-order valence-electron chi connectivity index (χ4n) is 1.86. The zero-order valence-electron chi connectivity index (χ0n) is 11.6. The first-order chi connectivity index (χ1) is 10.6. The molecule has 0 bridgehead atoms. The van der Waals surface area contributed by atoms with Gasteiger partial charge in [-0.15, -0.1) is 0 Å². The van der Waals surface area contributed by atoms with E-state index in [0.29, 0.717) is 11.3 Å². The smallest absolute Gasteiger partial charge is 0.283 e. The van der Waals surface area contributed by atoms with E-state index < -0.39 is 4.92 Å². The minimum Gasteiger partial charge on any atom is -0.493 e. The molecule has 6 nitrogen and oxygen atoms in total. The van der Waals surface area contributed by atoms with E-state index in [-0.39, 0.29) is 29.4 Å². The summed E-state index contributed by atoms with van der Waals surface area (Å²) in [5, 5.41) is 11.5. The molecular formula is C15H12ClNO5. The van der Waals surface area contributed by atoms with E-state index in [0.717, 1.165) is 5.56 Å². The van der Waals surface area contributed by atoms with Crippen LogP contribution in [-0.4, -0.2) is 18.3 Å². The molecule has 22 heavy (non-hydrogen) atoms. The predicted octanol–water partition coefficient (Wildman–Crippen LogP) is 3.65. The molecule has 2 rings (SSSR count). The number of carbonyl (C=O) groups is 1. The van der Waals surface area contributed by atoms with Crippen molar-refractivity contribution in [2.75, 3.05) is 7.11 Å². The van der Waals surface area contributed by atoms with E-state index in [1.165, 1.54) is 19.2 Å². The van der Waals surface area contributed by atoms with Crippen molar-refractivity contribution in [1.82, 2.24) is 0 Å². The van der Waals surface area contributed by atoms with Crippen molar-refractivity contribution in [2.45, 2.75) is 6.61 Å². The second kappa shape index (κ2) is 6.91. The van der Waals surface area contributed by atoms with Gasteiger partial charge in [-0.05, 0) is 6.07 Å². The standard InChI is InChI=1S/C15H12ClNO5/c1-21-14-6-11(8-18)13(17(19)20)7-15(14)22-9-10-4-2-3-5-12(10)16/h2-8H,9H2,1H3. The number of hydrogen-bond acceptors (Lipinski definition) is 5. The molecule has 114 valence electrons. The maximum Gasteiger partial charge on any atom is 0.283 e. The van der Waals surface area contributed by atoms with Crippen molar-refractivity contribution in [3.8, 4) is 11.5 Å². The molecule has 2 aromatic carbocycles. The average molecular weight is 322 g/mol. The monoisotopic (exact) mass is 321 g/mol. The number of nitrogens with zero attached hydrogens (tertiary/aromatic N) is 1. The van der Waals surface area contributed by atoms with E-state index in [1.807, 2.05) is 0 Å². The predicted molar refractivity (Wildman–Crippen MR) is 80.8 cm³/mol. The summed E-state index contributed by atoms with van der Waals surface area (Å²) >= 11 is 6.03. The van der Waals surface area contributed by atoms with Crippen LogP contribution >= 0.6 is 11.6 Å². The van der Waals surface area contributed by atoms with Crippen LogP contribution in [0.3, 0.4) is 0 Å². The zero-order valence-corrected chi connectivity index (χ0v) is 12.4. The molecule has 0 aliphatic heterocycles. The van der Waals surface area contributed by atoms with Crippen LogP contribution in [0.4, 0.5) is 5.69 Å². The summed E-state index contributed by atoms with van der Waals surface area (Å²) in [5.74, 6) is 0.402. The second-order valence-corrected chi connectivity index (χ2v) is 4.72. The van der Waals surface area contributed by atoms with Gasteiger partial charge in [0.1, 0.15) is 6.61 Å². The molecule has 0 aromatic heterocycles. The summed E-state index contributed by atoms with van der Waals surface area (Å²) in [6.07, 6.45) is 0.401. The molecule has 0 radical (unpaired) electrons. The Morgan fingerprint density at radius 1 is 1.27 bits per heavy atom. The summed E-state index contributed by atoms with van der Waals surface area (Å²) in [4.78, 5) is 21.3. The molecular weight excluding hydrogens is 310 g/mol. The van der Waals surface area contributed by atoms with Crippen molar-refractivity contribution in [3.63, 3.8) is 0 Å². The highest BCUT2D eigenvalue weighted by Crippen LogP contribution is 2.34. The normalized spacial score (nSPS) is 10.1. The summed E-state index contributed by atoms with van der Waals surface area (Å²) in [6.45, 7) is 0.119. The van der Waals surface area contributed by atoms with Gasteiger partial charge in [-0.3, -0.25) is 14.9 Å². The lowest BCUT2D eigenvalue weighted by atomic mass is 10.1. The van der Waals surface area contributed by atoms with Crippen LogP contribution in [0, 0.1) is 10.1 Å². The Balaban J connectivity index is 2.33. The fourth-order valence-corrected chi connectivity index (χ4v) is 2.05. The van der Waals surface area contributed by atoms with Crippen molar-refractivity contribution in [2.24, 2.45) is 0 Å². The van der Waals surface area contributed by atoms with Crippen LogP contribution in [-0.2, 0) is 6.61 Å². The number of aldehydes is 1. The van der Waals surface area contributed by atoms with Crippen LogP contribution in [0.5, 0.6) is 11.5 Å². The molecule has 0 saturated heterocycles. The number of benzene rings is 2. The van der Waals surface area contributed by atoms with Gasteiger partial charge in [-0.2, -0.15) is 0 Å². The van der Waals surface area contributed by atoms with Gasteiger partial charge in [0, 0.05) is 16.7 Å². The average Bonchev–Trinajstić information content (AvgIpc) is 2.53. The molecule has 0 fully saturated rings. The van der Waals surface area contributed by atoms with E-state index in [9.17, 15) is 14.9 Å². The van der Waals surface area contributed by atoms with Crippen LogP contribution in [0.1, 0.15) is 15.9 Å². The van der Waals surface area contributed by atoms with Gasteiger partial charge in [-0.1, -0.05) is 29.8 Å². The lowest BCUT2D eigenvalue weighted by molar-refractivity contribution is -0.385. The number of hydrogen-bond donors (Lipinski definition) is 0. The molecule has 0 N–H and O–H groups in total. The molecule has 2 aromatic rings. The first-order valence-electron chi connectivity index (χ1n) is 6.24. The maximum absolute atomic E-state index is 11.0. The van der Waals surface area contributed by atoms with Crippen LogP contribution in [0.25, 0.3) is 0 Å². The van der Waals surface area contributed by atoms with E-state index in [2.05, 4.69) is 0 Å². The van der Waals surface area contributed by atoms with Gasteiger partial charge >= 0.3 is 0 Å². The van der Waals surface area contributed by atoms with Gasteiger partial charge < -0.3 is 9.47 Å². The summed E-state index contributed by atoms with van der Waals surface area (Å²) in [6, 6.07) is 9.53. The van der Waals surface area contributed by atoms with Gasteiger partial charge in [0.05, 0.1) is 23.7 Å². The number of rotatable bonds is 6. The first-order valence-corrected chi connectivity index (χ1v) is 6.62. The maximum atomic E-state index is 11.0. The molecule has 0 aliphatic carbocycles. The molecule has 0 aliphatic rings. The van der Waals surface area contributed by atoms with Crippen LogP contribution < -0.4 is 9.47 Å². The van der Waals surface area contributed by atoms with E-state index in [1.54, 1.807) is 24.3 Å². The quantitative estimate of drug-likeness (QED) is 0.461. The Labute approximate surface area is 131 Å². The summed E-state index contributed by atoms with van der Waals surface area (Å²) in [5.41, 5.74) is 0.310. The lowest BCUT2D eigenvalue weighted by Gasteiger charge is -2.12. The molecule has 0 saturated carbocycles. The molecule has 0 atom stereocenters. The lowest BCUT2D eigenvalue weighted by Crippen LogP contribution is -2.01. The highest BCUT2D eigenvalue weighted by atomic mass is 35.5. The van der Waals surface area contributed by atoms with Crippen molar-refractivity contribution in [1.29, 1.82) is 0 Å². The largest absolute Gasteiger partial charge is 0.493 e. The molecule has 0 heterocycles. The number of ether oxygens (including phenoxy) is 2. The Kier molecular flexibility index (Phi) is 4.95. The third kappa shape index (κ3) is 3.35. The summed E-state index contributed by atoms with van der Waals surface area (Å²) < 4.78 is 10.7. The Morgan fingerprint density at radius 3 is 2.59 bits per heavy atom. The third-order valence-electron chi connectivity index (χ3n) is 2.98. The number of halogens is 1. The Morgan fingerprint density at radius 2 is 2.00 bits per heavy atom. The second-order valence-electron chi connectivity index (χ2n) is 4.32. The van der Waals surface area contributed by atoms with Gasteiger partial charge in [-0.25, -0.2) is 0 Å². The number of carbonyl (C=O) groups excluding carboxylic acids is 1. The topological polar surface area (TPSA) is 78.7 Å². The SMILES string of the molecule is COc1cc(C=O)c([N+](=O)[O-])cc1OCc1ccccc1Cl. The number of nitro benzene ring substituents is 1. The Hall–Kier alpha value is -2.60. The van der Waals surface area contributed by atoms with Gasteiger partial charge in [0.25, 0.3) is 5.69 Å². The molecule has 0 unspecified atom stereocenters. The van der Waals surface area contributed by atoms with Gasteiger partial charge in [0.15, 0.2) is 17.8 Å². The van der Waals surface area contributed by atoms with Crippen molar-refractivity contribution < 1.29 is 19.2 Å². The van der Waals surface area contributed by atoms with E-state index >= 15 is 0 Å². The fraction of sp³-hybridized carbons (Fsp3) is 0.133. The Bertz CT molecular complexity index is 717. The highest BCUT2D eigenvalue weighted by molar-refractivity contribution is 6.31. The van der Waals surface area contributed by atoms with Crippen LogP contribution in [0.15, 0.2) is 36.4 Å². The molecule has 0 amide bonds. The minimum atomic E-state index is -0.647. The van der Waals surface area contributed by atoms with Crippen LogP contribution in [0.2, 0.25) is 5.02 Å². The first kappa shape index (κ1) is 15.8.